The first-order valence-electron chi connectivity index (χ1n) is 6.21. The Bertz CT molecular complexity index is 156. The maximum Gasteiger partial charge on any atom is 0.0491 e. The van der Waals surface area contributed by atoms with Crippen molar-refractivity contribution >= 4 is 0 Å². The maximum absolute atomic E-state index is 5.21. The smallest absolute Gasteiger partial charge is 0.0491 e. The van der Waals surface area contributed by atoms with Crippen LogP contribution in [0.2, 0.25) is 0 Å². The predicted molar refractivity (Wildman–Crippen MR) is 64.2 cm³/mol. The second kappa shape index (κ2) is 7.20. The van der Waals surface area contributed by atoms with Gasteiger partial charge in [0, 0.05) is 26.3 Å². The van der Waals surface area contributed by atoms with Crippen molar-refractivity contribution in [3.05, 3.63) is 0 Å². The third-order valence-electron chi connectivity index (χ3n) is 3.19. The standard InChI is InChI=1S/C12H26N2O/c1-4-13-11(2)9-14-7-5-12(6-8-14)10-15-3/h11-13H,4-10H2,1-3H3. The highest BCUT2D eigenvalue weighted by atomic mass is 16.5. The average Bonchev–Trinajstić information content (AvgIpc) is 2.22. The quantitative estimate of drug-likeness (QED) is 0.722. The predicted octanol–water partition coefficient (Wildman–Crippen LogP) is 1.34. The van der Waals surface area contributed by atoms with Gasteiger partial charge in [-0.25, -0.2) is 0 Å². The molecule has 3 nitrogen and oxygen atoms in total. The fraction of sp³-hybridized carbons (Fsp3) is 1.00. The molecule has 1 heterocycles. The van der Waals surface area contributed by atoms with Gasteiger partial charge in [-0.2, -0.15) is 0 Å². The molecule has 1 unspecified atom stereocenters. The number of methoxy groups -OCH3 is 1. The number of rotatable bonds is 6. The van der Waals surface area contributed by atoms with Gasteiger partial charge in [0.15, 0.2) is 0 Å². The molecule has 1 N–H and O–H groups in total. The molecule has 1 aliphatic rings. The Hall–Kier alpha value is -0.120. The summed E-state index contributed by atoms with van der Waals surface area (Å²) in [6.45, 7) is 10.1. The lowest BCUT2D eigenvalue weighted by Gasteiger charge is -2.33. The third kappa shape index (κ3) is 4.96. The monoisotopic (exact) mass is 214 g/mol. The molecule has 1 aliphatic heterocycles. The Kier molecular flexibility index (Phi) is 6.22. The first kappa shape index (κ1) is 12.9. The minimum absolute atomic E-state index is 0.619. The molecule has 0 saturated carbocycles. The lowest BCUT2D eigenvalue weighted by molar-refractivity contribution is 0.0962. The lowest BCUT2D eigenvalue weighted by atomic mass is 9.97. The van der Waals surface area contributed by atoms with Gasteiger partial charge in [-0.3, -0.25) is 0 Å². The van der Waals surface area contributed by atoms with Gasteiger partial charge < -0.3 is 15.0 Å². The second-order valence-electron chi connectivity index (χ2n) is 4.66. The van der Waals surface area contributed by atoms with E-state index in [1.807, 2.05) is 0 Å². The molecule has 0 bridgehead atoms. The molecule has 0 aromatic carbocycles. The Morgan fingerprint density at radius 2 is 2.07 bits per heavy atom. The van der Waals surface area contributed by atoms with Crippen LogP contribution >= 0.6 is 0 Å². The summed E-state index contributed by atoms with van der Waals surface area (Å²) in [5, 5.41) is 3.46. The van der Waals surface area contributed by atoms with Gasteiger partial charge in [0.2, 0.25) is 0 Å². The fourth-order valence-corrected chi connectivity index (χ4v) is 2.37. The first-order valence-corrected chi connectivity index (χ1v) is 6.21. The van der Waals surface area contributed by atoms with Crippen molar-refractivity contribution in [2.45, 2.75) is 32.7 Å². The van der Waals surface area contributed by atoms with Crippen molar-refractivity contribution in [2.24, 2.45) is 5.92 Å². The Labute approximate surface area is 94.2 Å². The minimum Gasteiger partial charge on any atom is -0.384 e. The average molecular weight is 214 g/mol. The molecule has 90 valence electrons. The molecule has 1 rings (SSSR count). The molecule has 3 heteroatoms. The second-order valence-corrected chi connectivity index (χ2v) is 4.66. The number of hydrogen-bond donors (Lipinski definition) is 1. The molecule has 1 saturated heterocycles. The Morgan fingerprint density at radius 1 is 1.40 bits per heavy atom. The van der Waals surface area contributed by atoms with E-state index in [0.29, 0.717) is 6.04 Å². The molecule has 0 amide bonds. The van der Waals surface area contributed by atoms with Crippen LogP contribution in [0, 0.1) is 5.92 Å². The van der Waals surface area contributed by atoms with Crippen LogP contribution in [-0.4, -0.2) is 50.8 Å². The van der Waals surface area contributed by atoms with Gasteiger partial charge >= 0.3 is 0 Å². The number of piperidine rings is 1. The molecule has 15 heavy (non-hydrogen) atoms. The third-order valence-corrected chi connectivity index (χ3v) is 3.19. The normalized spacial score (nSPS) is 21.8. The van der Waals surface area contributed by atoms with Gasteiger partial charge in [0.25, 0.3) is 0 Å². The molecule has 0 spiro atoms. The molecule has 0 aliphatic carbocycles. The van der Waals surface area contributed by atoms with Crippen LogP contribution in [0.15, 0.2) is 0 Å². The van der Waals surface area contributed by atoms with Crippen LogP contribution in [-0.2, 0) is 4.74 Å². The Balaban J connectivity index is 2.14. The van der Waals surface area contributed by atoms with E-state index in [4.69, 9.17) is 4.74 Å². The zero-order valence-electron chi connectivity index (χ0n) is 10.5. The van der Waals surface area contributed by atoms with Crippen molar-refractivity contribution in [3.8, 4) is 0 Å². The van der Waals surface area contributed by atoms with Crippen LogP contribution in [0.1, 0.15) is 26.7 Å². The summed E-state index contributed by atoms with van der Waals surface area (Å²) in [5.41, 5.74) is 0. The number of hydrogen-bond acceptors (Lipinski definition) is 3. The first-order chi connectivity index (χ1) is 7.26. The summed E-state index contributed by atoms with van der Waals surface area (Å²) < 4.78 is 5.21. The summed E-state index contributed by atoms with van der Waals surface area (Å²) in [6, 6.07) is 0.619. The van der Waals surface area contributed by atoms with Gasteiger partial charge in [-0.1, -0.05) is 6.92 Å². The Morgan fingerprint density at radius 3 is 2.60 bits per heavy atom. The van der Waals surface area contributed by atoms with Crippen LogP contribution in [0.5, 0.6) is 0 Å². The van der Waals surface area contributed by atoms with E-state index >= 15 is 0 Å². The van der Waals surface area contributed by atoms with E-state index in [1.165, 1.54) is 32.5 Å². The maximum atomic E-state index is 5.21. The topological polar surface area (TPSA) is 24.5 Å². The van der Waals surface area contributed by atoms with Crippen molar-refractivity contribution in [1.82, 2.24) is 10.2 Å². The zero-order chi connectivity index (χ0) is 11.1. The molecule has 0 aromatic heterocycles. The van der Waals surface area contributed by atoms with Crippen LogP contribution in [0.3, 0.4) is 0 Å². The highest BCUT2D eigenvalue weighted by Crippen LogP contribution is 2.17. The molecule has 1 atom stereocenters. The number of nitrogens with zero attached hydrogens (tertiary/aromatic N) is 1. The van der Waals surface area contributed by atoms with Crippen LogP contribution in [0.4, 0.5) is 0 Å². The van der Waals surface area contributed by atoms with E-state index in [9.17, 15) is 0 Å². The highest BCUT2D eigenvalue weighted by Gasteiger charge is 2.19. The number of likely N-dealkylation sites (tertiary alicyclic amines) is 1. The van der Waals surface area contributed by atoms with Gasteiger partial charge in [-0.15, -0.1) is 0 Å². The van der Waals surface area contributed by atoms with E-state index in [0.717, 1.165) is 19.1 Å². The zero-order valence-corrected chi connectivity index (χ0v) is 10.5. The molecule has 0 aromatic rings. The van der Waals surface area contributed by atoms with E-state index in [1.54, 1.807) is 7.11 Å². The van der Waals surface area contributed by atoms with Crippen LogP contribution < -0.4 is 5.32 Å². The number of likely N-dealkylation sites (N-methyl/N-ethyl adjacent to an activating group) is 1. The van der Waals surface area contributed by atoms with Crippen LogP contribution in [0.25, 0.3) is 0 Å². The molecule has 1 fully saturated rings. The number of ether oxygens (including phenoxy) is 1. The summed E-state index contributed by atoms with van der Waals surface area (Å²) in [6.07, 6.45) is 2.60. The van der Waals surface area contributed by atoms with E-state index in [2.05, 4.69) is 24.1 Å². The molecular weight excluding hydrogens is 188 g/mol. The van der Waals surface area contributed by atoms with Gasteiger partial charge in [-0.05, 0) is 45.3 Å². The van der Waals surface area contributed by atoms with E-state index in [-0.39, 0.29) is 0 Å². The fourth-order valence-electron chi connectivity index (χ4n) is 2.37. The van der Waals surface area contributed by atoms with Gasteiger partial charge in [0.1, 0.15) is 0 Å². The summed E-state index contributed by atoms with van der Waals surface area (Å²) >= 11 is 0. The molecular formula is C12H26N2O. The van der Waals surface area contributed by atoms with Gasteiger partial charge in [0.05, 0.1) is 0 Å². The summed E-state index contributed by atoms with van der Waals surface area (Å²) in [5.74, 6) is 0.792. The van der Waals surface area contributed by atoms with Crippen molar-refractivity contribution in [3.63, 3.8) is 0 Å². The van der Waals surface area contributed by atoms with Crippen molar-refractivity contribution < 1.29 is 4.74 Å². The summed E-state index contributed by atoms with van der Waals surface area (Å²) in [4.78, 5) is 2.57. The minimum atomic E-state index is 0.619. The molecule has 0 radical (unpaired) electrons. The number of nitrogens with one attached hydrogen (secondary N) is 1. The lowest BCUT2D eigenvalue weighted by Crippen LogP contribution is -2.43. The largest absolute Gasteiger partial charge is 0.384 e. The SMILES string of the molecule is CCNC(C)CN1CCC(COC)CC1. The summed E-state index contributed by atoms with van der Waals surface area (Å²) in [7, 11) is 1.81. The van der Waals surface area contributed by atoms with Crippen molar-refractivity contribution in [2.75, 3.05) is 39.9 Å². The highest BCUT2D eigenvalue weighted by molar-refractivity contribution is 4.75. The van der Waals surface area contributed by atoms with Crippen molar-refractivity contribution in [1.29, 1.82) is 0 Å². The van der Waals surface area contributed by atoms with E-state index < -0.39 is 0 Å².